The third kappa shape index (κ3) is 2.02. The molecule has 0 bridgehead atoms. The van der Waals surface area contributed by atoms with Crippen LogP contribution < -0.4 is 14.8 Å². The Balaban J connectivity index is 1.66. The Morgan fingerprint density at radius 2 is 2.00 bits per heavy atom. The quantitative estimate of drug-likeness (QED) is 0.747. The fourth-order valence-electron chi connectivity index (χ4n) is 3.60. The second-order valence-electron chi connectivity index (χ2n) is 6.26. The summed E-state index contributed by atoms with van der Waals surface area (Å²) >= 11 is 0. The van der Waals surface area contributed by atoms with Crippen molar-refractivity contribution in [2.45, 2.75) is 19.5 Å². The lowest BCUT2D eigenvalue weighted by Gasteiger charge is -2.14. The predicted octanol–water partition coefficient (Wildman–Crippen LogP) is 2.08. The van der Waals surface area contributed by atoms with Crippen molar-refractivity contribution >= 4 is 0 Å². The Morgan fingerprint density at radius 3 is 2.88 bits per heavy atom. The van der Waals surface area contributed by atoms with E-state index in [-0.39, 0.29) is 6.04 Å². The topological polar surface area (TPSA) is 52.9 Å². The first-order valence-corrected chi connectivity index (χ1v) is 8.16. The van der Waals surface area contributed by atoms with Gasteiger partial charge < -0.3 is 19.4 Å². The highest BCUT2D eigenvalue weighted by molar-refractivity contribution is 5.56. The lowest BCUT2D eigenvalue weighted by molar-refractivity contribution is -0.702. The maximum absolute atomic E-state index is 5.57. The maximum atomic E-state index is 5.57. The smallest absolute Gasteiger partial charge is 0.231 e. The van der Waals surface area contributed by atoms with E-state index in [0.29, 0.717) is 6.79 Å². The van der Waals surface area contributed by atoms with E-state index in [1.54, 1.807) is 0 Å². The molecule has 5 heteroatoms. The summed E-state index contributed by atoms with van der Waals surface area (Å²) in [4.78, 5) is 4.75. The lowest BCUT2D eigenvalue weighted by atomic mass is 10.1. The van der Waals surface area contributed by atoms with Crippen LogP contribution in [-0.2, 0) is 6.54 Å². The van der Waals surface area contributed by atoms with Crippen LogP contribution in [0.5, 0.6) is 11.5 Å². The van der Waals surface area contributed by atoms with Crippen LogP contribution in [0.1, 0.15) is 28.7 Å². The monoisotopic (exact) mass is 320 g/mol. The molecule has 24 heavy (non-hydrogen) atoms. The van der Waals surface area contributed by atoms with Gasteiger partial charge in [0, 0.05) is 23.5 Å². The molecule has 5 nitrogen and oxygen atoms in total. The molecule has 1 aromatic carbocycles. The molecule has 2 aliphatic rings. The van der Waals surface area contributed by atoms with E-state index in [0.717, 1.165) is 35.1 Å². The molecule has 120 valence electrons. The van der Waals surface area contributed by atoms with E-state index in [1.807, 2.05) is 13.0 Å². The zero-order valence-electron chi connectivity index (χ0n) is 13.4. The molecule has 2 aliphatic heterocycles. The minimum Gasteiger partial charge on any atom is -0.454 e. The number of quaternary nitrogens is 1. The Labute approximate surface area is 139 Å². The fourth-order valence-corrected chi connectivity index (χ4v) is 3.60. The summed E-state index contributed by atoms with van der Waals surface area (Å²) in [6, 6.07) is 14.8. The van der Waals surface area contributed by atoms with Crippen molar-refractivity contribution in [3.05, 3.63) is 71.3 Å². The van der Waals surface area contributed by atoms with Crippen LogP contribution in [0.4, 0.5) is 0 Å². The third-order valence-electron chi connectivity index (χ3n) is 4.73. The van der Waals surface area contributed by atoms with E-state index in [1.165, 1.54) is 11.3 Å². The molecule has 0 amide bonds. The maximum Gasteiger partial charge on any atom is 0.231 e. The molecule has 0 unspecified atom stereocenters. The largest absolute Gasteiger partial charge is 0.454 e. The van der Waals surface area contributed by atoms with Gasteiger partial charge in [0.2, 0.25) is 6.79 Å². The molecule has 0 saturated carbocycles. The molecule has 3 aromatic rings. The van der Waals surface area contributed by atoms with Gasteiger partial charge in [-0.1, -0.05) is 6.07 Å². The number of benzene rings is 1. The van der Waals surface area contributed by atoms with Crippen molar-refractivity contribution in [3.8, 4) is 17.2 Å². The van der Waals surface area contributed by atoms with Crippen molar-refractivity contribution in [1.29, 1.82) is 0 Å². The molecule has 4 heterocycles. The van der Waals surface area contributed by atoms with Gasteiger partial charge in [-0.05, 0) is 37.3 Å². The molecule has 2 aromatic heterocycles. The van der Waals surface area contributed by atoms with Gasteiger partial charge in [-0.3, -0.25) is 4.98 Å². The zero-order valence-corrected chi connectivity index (χ0v) is 13.4. The van der Waals surface area contributed by atoms with Gasteiger partial charge in [0.15, 0.2) is 17.5 Å². The zero-order chi connectivity index (χ0) is 16.1. The number of rotatable bonds is 1. The molecule has 0 radical (unpaired) electrons. The van der Waals surface area contributed by atoms with Crippen LogP contribution in [0.15, 0.2) is 48.7 Å². The molecular weight excluding hydrogens is 302 g/mol. The van der Waals surface area contributed by atoms with Crippen molar-refractivity contribution in [1.82, 2.24) is 9.55 Å². The van der Waals surface area contributed by atoms with Gasteiger partial charge in [-0.15, -0.1) is 0 Å². The van der Waals surface area contributed by atoms with Crippen LogP contribution in [0.3, 0.4) is 0 Å². The number of hydrogen-bond donors (Lipinski definition) is 1. The van der Waals surface area contributed by atoms with Crippen molar-refractivity contribution in [2.24, 2.45) is 0 Å². The summed E-state index contributed by atoms with van der Waals surface area (Å²) in [5, 5.41) is 2.33. The van der Waals surface area contributed by atoms with Crippen LogP contribution >= 0.6 is 0 Å². The number of aryl methyl sites for hydroxylation is 1. The lowest BCUT2D eigenvalue weighted by Crippen LogP contribution is -2.83. The Hall–Kier alpha value is -2.79. The number of pyridine rings is 1. The van der Waals surface area contributed by atoms with Gasteiger partial charge in [0.25, 0.3) is 0 Å². The number of ether oxygens (including phenoxy) is 2. The van der Waals surface area contributed by atoms with E-state index in [9.17, 15) is 0 Å². The normalized spacial score (nSPS) is 18.0. The second-order valence-corrected chi connectivity index (χ2v) is 6.26. The van der Waals surface area contributed by atoms with E-state index < -0.39 is 0 Å². The van der Waals surface area contributed by atoms with Gasteiger partial charge in [-0.25, -0.2) is 0 Å². The molecular formula is C19H18N3O2+. The Bertz CT molecular complexity index is 932. The van der Waals surface area contributed by atoms with Crippen LogP contribution in [0.2, 0.25) is 0 Å². The molecule has 0 saturated heterocycles. The summed E-state index contributed by atoms with van der Waals surface area (Å²) < 4.78 is 13.4. The Kier molecular flexibility index (Phi) is 2.90. The van der Waals surface area contributed by atoms with Crippen LogP contribution in [0.25, 0.3) is 5.69 Å². The number of aromatic nitrogens is 2. The predicted molar refractivity (Wildman–Crippen MR) is 88.3 cm³/mol. The van der Waals surface area contributed by atoms with Crippen LogP contribution in [-0.4, -0.2) is 16.3 Å². The van der Waals surface area contributed by atoms with E-state index >= 15 is 0 Å². The second kappa shape index (κ2) is 5.11. The van der Waals surface area contributed by atoms with Crippen molar-refractivity contribution < 1.29 is 14.8 Å². The summed E-state index contributed by atoms with van der Waals surface area (Å²) in [7, 11) is 0. The standard InChI is InChI=1S/C19H17N3O2/c1-12-4-2-5-14(21-12)19-15-6-3-7-22(15)16-9-18-17(23-11-24-18)8-13(16)10-20-19/h2-9,19-20H,10-11H2,1H3/p+1/t19-/m0/s1. The first kappa shape index (κ1) is 13.6. The molecule has 0 aliphatic carbocycles. The average molecular weight is 320 g/mol. The van der Waals surface area contributed by atoms with E-state index in [2.05, 4.69) is 52.5 Å². The minimum atomic E-state index is 0.170. The minimum absolute atomic E-state index is 0.170. The summed E-state index contributed by atoms with van der Waals surface area (Å²) in [5.74, 6) is 1.66. The Morgan fingerprint density at radius 1 is 1.12 bits per heavy atom. The molecule has 5 rings (SSSR count). The molecule has 1 atom stereocenters. The average Bonchev–Trinajstić information content (AvgIpc) is 3.20. The third-order valence-corrected chi connectivity index (χ3v) is 4.73. The fraction of sp³-hybridized carbons (Fsp3) is 0.211. The van der Waals surface area contributed by atoms with Crippen LogP contribution in [0, 0.1) is 6.92 Å². The summed E-state index contributed by atoms with van der Waals surface area (Å²) in [5.41, 5.74) is 5.76. The molecule has 2 N–H and O–H groups in total. The number of nitrogens with two attached hydrogens (primary N) is 1. The van der Waals surface area contributed by atoms with E-state index in [4.69, 9.17) is 14.5 Å². The van der Waals surface area contributed by atoms with Crippen molar-refractivity contribution in [2.75, 3.05) is 6.79 Å². The molecule has 0 spiro atoms. The number of fused-ring (bicyclic) bond motifs is 4. The number of nitrogens with zero attached hydrogens (tertiary/aromatic N) is 2. The number of hydrogen-bond acceptors (Lipinski definition) is 3. The van der Waals surface area contributed by atoms with Gasteiger partial charge in [0.05, 0.1) is 11.4 Å². The first-order chi connectivity index (χ1) is 11.8. The molecule has 0 fully saturated rings. The summed E-state index contributed by atoms with van der Waals surface area (Å²) in [6.07, 6.45) is 2.11. The highest BCUT2D eigenvalue weighted by Crippen LogP contribution is 2.38. The van der Waals surface area contributed by atoms with Crippen molar-refractivity contribution in [3.63, 3.8) is 0 Å². The van der Waals surface area contributed by atoms with Gasteiger partial charge in [-0.2, -0.15) is 0 Å². The highest BCUT2D eigenvalue weighted by atomic mass is 16.7. The summed E-state index contributed by atoms with van der Waals surface area (Å²) in [6.45, 7) is 3.21. The SMILES string of the molecule is Cc1cccc([C@@H]2[NH2+]Cc3cc4c(cc3-n3cccc32)OCO4)n1. The highest BCUT2D eigenvalue weighted by Gasteiger charge is 2.29. The first-order valence-electron chi connectivity index (χ1n) is 8.16. The van der Waals surface area contributed by atoms with Gasteiger partial charge >= 0.3 is 0 Å². The van der Waals surface area contributed by atoms with Gasteiger partial charge in [0.1, 0.15) is 12.2 Å².